The van der Waals surface area contributed by atoms with E-state index < -0.39 is 16.6 Å². The van der Waals surface area contributed by atoms with Crippen molar-refractivity contribution in [2.45, 2.75) is 196 Å². The summed E-state index contributed by atoms with van der Waals surface area (Å²) in [5.74, 6) is 2.01. The predicted octanol–water partition coefficient (Wildman–Crippen LogP) is 17.4. The maximum Gasteiger partial charge on any atom is 0.228 e. The molecule has 0 atom stereocenters. The molecule has 62 heavy (non-hydrogen) atoms. The molecule has 0 heterocycles. The second kappa shape index (κ2) is 17.7. The first kappa shape index (κ1) is 48.4. The van der Waals surface area contributed by atoms with E-state index in [2.05, 4.69) is 187 Å². The maximum atomic E-state index is 7.25. The van der Waals surface area contributed by atoms with Crippen LogP contribution in [0.5, 0.6) is 0 Å². The monoisotopic (exact) mass is 869 g/mol. The zero-order valence-electron chi connectivity index (χ0n) is 43.2. The molecule has 0 spiro atoms. The minimum Gasteiger partial charge on any atom is -0.415 e. The van der Waals surface area contributed by atoms with Gasteiger partial charge in [-0.1, -0.05) is 163 Å². The van der Waals surface area contributed by atoms with Crippen LogP contribution >= 0.6 is 0 Å². The Hall–Kier alpha value is -3.03. The quantitative estimate of drug-likeness (QED) is 0.0802. The average Bonchev–Trinajstić information content (AvgIpc) is 3.16. The van der Waals surface area contributed by atoms with Crippen LogP contribution in [0.2, 0.25) is 22.2 Å². The molecule has 0 aliphatic rings. The van der Waals surface area contributed by atoms with Gasteiger partial charge >= 0.3 is 0 Å². The zero-order valence-corrected chi connectivity index (χ0v) is 45.2. The smallest absolute Gasteiger partial charge is 0.228 e. The third-order valence-corrected chi connectivity index (χ3v) is 26.3. The lowest BCUT2D eigenvalue weighted by atomic mass is 9.78. The van der Waals surface area contributed by atoms with Gasteiger partial charge < -0.3 is 8.85 Å². The van der Waals surface area contributed by atoms with Crippen LogP contribution in [0.3, 0.4) is 0 Å². The molecule has 6 aromatic carbocycles. The largest absolute Gasteiger partial charge is 0.415 e. The Labute approximate surface area is 380 Å². The second-order valence-corrected chi connectivity index (χ2v) is 31.8. The lowest BCUT2D eigenvalue weighted by Crippen LogP contribution is -2.71. The van der Waals surface area contributed by atoms with Crippen LogP contribution in [0.1, 0.15) is 207 Å². The number of rotatable bonds is 14. The van der Waals surface area contributed by atoms with E-state index in [1.807, 2.05) is 14.2 Å². The van der Waals surface area contributed by atoms with E-state index in [9.17, 15) is 0 Å². The third-order valence-electron chi connectivity index (χ3n) is 15.3. The Morgan fingerprint density at radius 2 is 0.484 bits per heavy atom. The predicted molar refractivity (Wildman–Crippen MR) is 284 cm³/mol. The van der Waals surface area contributed by atoms with Gasteiger partial charge in [-0.3, -0.25) is 0 Å². The molecular weight excluding hydrogens is 785 g/mol. The summed E-state index contributed by atoms with van der Waals surface area (Å²) in [6.07, 6.45) is 0. The third kappa shape index (κ3) is 7.15. The molecule has 2 nitrogen and oxygen atoms in total. The van der Waals surface area contributed by atoms with Gasteiger partial charge in [0.25, 0.3) is 0 Å². The van der Waals surface area contributed by atoms with Crippen molar-refractivity contribution in [1.29, 1.82) is 0 Å². The highest BCUT2D eigenvalue weighted by molar-refractivity contribution is 6.99. The summed E-state index contributed by atoms with van der Waals surface area (Å²) in [6.45, 7) is 48.7. The van der Waals surface area contributed by atoms with Gasteiger partial charge in [0.15, 0.2) is 0 Å². The Morgan fingerprint density at radius 3 is 0.661 bits per heavy atom. The van der Waals surface area contributed by atoms with Crippen molar-refractivity contribution in [3.63, 3.8) is 0 Å². The van der Waals surface area contributed by atoms with E-state index in [4.69, 9.17) is 8.85 Å². The average molecular weight is 869 g/mol. The molecule has 0 radical (unpaired) electrons. The van der Waals surface area contributed by atoms with Crippen LogP contribution < -0.4 is 10.4 Å². The van der Waals surface area contributed by atoms with Gasteiger partial charge in [0, 0.05) is 14.2 Å². The van der Waals surface area contributed by atoms with Gasteiger partial charge in [-0.25, -0.2) is 0 Å². The first-order valence-corrected chi connectivity index (χ1v) is 28.7. The highest BCUT2D eigenvalue weighted by Crippen LogP contribution is 2.49. The van der Waals surface area contributed by atoms with Crippen LogP contribution in [0.25, 0.3) is 53.9 Å². The molecule has 0 N–H and O–H groups in total. The molecule has 0 saturated heterocycles. The molecule has 6 rings (SSSR count). The van der Waals surface area contributed by atoms with E-state index in [-0.39, 0.29) is 0 Å². The molecule has 0 amide bonds. The number of benzene rings is 6. The number of hydrogen-bond donors (Lipinski definition) is 0. The molecule has 0 fully saturated rings. The van der Waals surface area contributed by atoms with Crippen LogP contribution in [-0.2, 0) is 8.85 Å². The van der Waals surface area contributed by atoms with Gasteiger partial charge in [0.05, 0.1) is 0 Å². The van der Waals surface area contributed by atoms with Crippen LogP contribution in [0.4, 0.5) is 0 Å². The lowest BCUT2D eigenvalue weighted by Gasteiger charge is -2.48. The molecular formula is C58H84O2Si2. The van der Waals surface area contributed by atoms with Gasteiger partial charge in [0.1, 0.15) is 0 Å². The number of fused-ring (bicyclic) bond motifs is 5. The van der Waals surface area contributed by atoms with Gasteiger partial charge in [-0.05, 0) is 180 Å². The van der Waals surface area contributed by atoms with Crippen molar-refractivity contribution in [2.75, 3.05) is 14.2 Å². The van der Waals surface area contributed by atoms with Crippen LogP contribution in [-0.4, -0.2) is 30.9 Å². The Kier molecular flexibility index (Phi) is 13.9. The molecule has 0 saturated carbocycles. The summed E-state index contributed by atoms with van der Waals surface area (Å²) < 4.78 is 14.5. The van der Waals surface area contributed by atoms with Gasteiger partial charge in [-0.15, -0.1) is 0 Å². The first-order valence-electron chi connectivity index (χ1n) is 24.5. The van der Waals surface area contributed by atoms with Crippen molar-refractivity contribution >= 4 is 80.9 Å². The molecule has 0 aliphatic carbocycles. The summed E-state index contributed by atoms with van der Waals surface area (Å²) in [6, 6.07) is 19.9. The molecule has 336 valence electrons. The highest BCUT2D eigenvalue weighted by atomic mass is 28.4. The molecule has 0 unspecified atom stereocenters. The minimum atomic E-state index is -2.67. The van der Waals surface area contributed by atoms with E-state index in [1.54, 1.807) is 10.4 Å². The number of hydrogen-bond acceptors (Lipinski definition) is 2. The van der Waals surface area contributed by atoms with Crippen LogP contribution in [0, 0.1) is 0 Å². The molecule has 0 aromatic heterocycles. The lowest BCUT2D eigenvalue weighted by molar-refractivity contribution is 0.380. The van der Waals surface area contributed by atoms with Gasteiger partial charge in [-0.2, -0.15) is 0 Å². The summed E-state index contributed by atoms with van der Waals surface area (Å²) >= 11 is 0. The molecule has 4 heteroatoms. The summed E-state index contributed by atoms with van der Waals surface area (Å²) in [4.78, 5) is 0. The normalized spacial score (nSPS) is 13.6. The SMILES string of the molecule is CO[Si](c1c([Si](OC)(C(C)C)C(C)C)c(C(C)C)c2cc3c(C(C)C)c4cc5c(C(C)C)c6ccccc6c(C(C)C)c5cc4c(C(C)C)c3cc2c1C(C)C)(C(C)C)C(C)C. The summed E-state index contributed by atoms with van der Waals surface area (Å²) in [7, 11) is -1.25. The maximum absolute atomic E-state index is 7.25. The highest BCUT2D eigenvalue weighted by Gasteiger charge is 2.54. The molecule has 0 aliphatic heterocycles. The topological polar surface area (TPSA) is 18.5 Å². The standard InChI is InChI=1S/C58H84O2Si2/c1-31(2)51-41-25-23-24-26-42(41)52(32(3)4)44-28-46-45(27-43(44)51)53(33(5)6)47-29-49-50(30-48(47)54(46)34(7)8)56(36(11)12)58(62(60-22,39(17)18)40(19)20)57(55(49)35(9)10)61(59-21,37(13)14)38(15)16/h23-40H,1-22H3. The van der Waals surface area contributed by atoms with E-state index in [0.29, 0.717) is 57.7 Å². The van der Waals surface area contributed by atoms with Crippen molar-refractivity contribution < 1.29 is 8.85 Å². The Morgan fingerprint density at radius 1 is 0.290 bits per heavy atom. The molecule has 6 aromatic rings. The van der Waals surface area contributed by atoms with E-state index in [0.717, 1.165) is 0 Å². The van der Waals surface area contributed by atoms with E-state index >= 15 is 0 Å². The van der Waals surface area contributed by atoms with Crippen LogP contribution in [0.15, 0.2) is 48.5 Å². The minimum absolute atomic E-state index is 0.292. The van der Waals surface area contributed by atoms with Crippen molar-refractivity contribution in [3.8, 4) is 0 Å². The van der Waals surface area contributed by atoms with Crippen molar-refractivity contribution in [2.24, 2.45) is 0 Å². The van der Waals surface area contributed by atoms with Crippen molar-refractivity contribution in [3.05, 3.63) is 81.9 Å². The fraction of sp³-hybridized carbons (Fsp3) is 0.552. The Bertz CT molecular complexity index is 2440. The second-order valence-electron chi connectivity index (χ2n) is 22.2. The van der Waals surface area contributed by atoms with Crippen molar-refractivity contribution in [1.82, 2.24) is 0 Å². The molecule has 0 bridgehead atoms. The first-order chi connectivity index (χ1) is 29.0. The Balaban J connectivity index is 2.06. The van der Waals surface area contributed by atoms with E-state index in [1.165, 1.54) is 87.2 Å². The zero-order chi connectivity index (χ0) is 46.2. The van der Waals surface area contributed by atoms with Gasteiger partial charge in [0.2, 0.25) is 16.6 Å². The summed E-state index contributed by atoms with van der Waals surface area (Å²) in [5, 5.41) is 17.4. The fourth-order valence-corrected chi connectivity index (χ4v) is 24.4. The fourth-order valence-electron chi connectivity index (χ4n) is 13.2. The summed E-state index contributed by atoms with van der Waals surface area (Å²) in [5.41, 5.74) is 10.5.